The molecule has 1 N–H and O–H groups in total. The zero-order chi connectivity index (χ0) is 14.6. The smallest absolute Gasteiger partial charge is 0.313 e. The molecule has 0 spiro atoms. The quantitative estimate of drug-likeness (QED) is 0.505. The number of nitro groups is 1. The largest absolute Gasteiger partial charge is 0.469 e. The molecule has 0 radical (unpaired) electrons. The molecule has 7 nitrogen and oxygen atoms in total. The Hall–Kier alpha value is -1.70. The van der Waals surface area contributed by atoms with Gasteiger partial charge in [0.2, 0.25) is 0 Å². The number of halogens is 1. The van der Waals surface area contributed by atoms with Gasteiger partial charge in [0.25, 0.3) is 5.69 Å². The third-order valence-electron chi connectivity index (χ3n) is 2.47. The van der Waals surface area contributed by atoms with Gasteiger partial charge in [0.05, 0.1) is 21.9 Å². The molecule has 0 fully saturated rings. The van der Waals surface area contributed by atoms with E-state index >= 15 is 0 Å². The summed E-state index contributed by atoms with van der Waals surface area (Å²) in [5, 5.41) is 13.5. The molecule has 0 aliphatic rings. The molecule has 8 heteroatoms. The van der Waals surface area contributed by atoms with Crippen molar-refractivity contribution in [2.24, 2.45) is 5.41 Å². The fourth-order valence-corrected chi connectivity index (χ4v) is 1.79. The van der Waals surface area contributed by atoms with Crippen molar-refractivity contribution in [2.45, 2.75) is 13.8 Å². The Kier molecular flexibility index (Phi) is 4.82. The van der Waals surface area contributed by atoms with E-state index in [0.717, 1.165) is 6.20 Å². The van der Waals surface area contributed by atoms with Crippen LogP contribution in [-0.4, -0.2) is 29.5 Å². The van der Waals surface area contributed by atoms with Gasteiger partial charge in [0, 0.05) is 12.6 Å². The standard InChI is InChI=1S/C11H14BrN3O4/c1-11(2,10(16)19-3)6-14-9-8(12)4-7(5-13-9)15(17)18/h4-5H,6H2,1-3H3,(H,13,14). The fourth-order valence-electron chi connectivity index (χ4n) is 1.31. The first-order chi connectivity index (χ1) is 8.77. The minimum Gasteiger partial charge on any atom is -0.469 e. The van der Waals surface area contributed by atoms with Crippen molar-refractivity contribution >= 4 is 33.4 Å². The van der Waals surface area contributed by atoms with Crippen molar-refractivity contribution in [1.29, 1.82) is 0 Å². The van der Waals surface area contributed by atoms with E-state index in [1.165, 1.54) is 13.2 Å². The highest BCUT2D eigenvalue weighted by molar-refractivity contribution is 9.10. The number of pyridine rings is 1. The Morgan fingerprint density at radius 1 is 1.63 bits per heavy atom. The first-order valence-corrected chi connectivity index (χ1v) is 6.19. The van der Waals surface area contributed by atoms with Crippen LogP contribution in [-0.2, 0) is 9.53 Å². The molecule has 0 aliphatic carbocycles. The third kappa shape index (κ3) is 3.88. The SMILES string of the molecule is COC(=O)C(C)(C)CNc1ncc([N+](=O)[O-])cc1Br. The van der Waals surface area contributed by atoms with E-state index in [1.807, 2.05) is 0 Å². The van der Waals surface area contributed by atoms with Crippen LogP contribution in [0.15, 0.2) is 16.7 Å². The normalized spacial score (nSPS) is 10.9. The molecule has 104 valence electrons. The molecule has 1 heterocycles. The molecule has 1 aromatic heterocycles. The van der Waals surface area contributed by atoms with Crippen LogP contribution in [0.25, 0.3) is 0 Å². The van der Waals surface area contributed by atoms with Gasteiger partial charge in [-0.25, -0.2) is 4.98 Å². The van der Waals surface area contributed by atoms with Crippen molar-refractivity contribution < 1.29 is 14.5 Å². The van der Waals surface area contributed by atoms with Crippen LogP contribution >= 0.6 is 15.9 Å². The van der Waals surface area contributed by atoms with Crippen molar-refractivity contribution in [3.05, 3.63) is 26.9 Å². The summed E-state index contributed by atoms with van der Waals surface area (Å²) in [7, 11) is 1.32. The lowest BCUT2D eigenvalue weighted by Gasteiger charge is -2.22. The summed E-state index contributed by atoms with van der Waals surface area (Å²) in [5.41, 5.74) is -0.831. The Balaban J connectivity index is 2.79. The predicted octanol–water partition coefficient (Wildman–Crippen LogP) is 2.36. The number of hydrogen-bond donors (Lipinski definition) is 1. The zero-order valence-electron chi connectivity index (χ0n) is 10.8. The second kappa shape index (κ2) is 5.96. The molecular formula is C11H14BrN3O4. The number of nitrogens with zero attached hydrogens (tertiary/aromatic N) is 2. The molecule has 1 aromatic rings. The highest BCUT2D eigenvalue weighted by Gasteiger charge is 2.28. The van der Waals surface area contributed by atoms with E-state index < -0.39 is 10.3 Å². The van der Waals surface area contributed by atoms with Crippen LogP contribution in [0.2, 0.25) is 0 Å². The predicted molar refractivity (Wildman–Crippen MR) is 72.9 cm³/mol. The Morgan fingerprint density at radius 3 is 2.74 bits per heavy atom. The fraction of sp³-hybridized carbons (Fsp3) is 0.455. The van der Waals surface area contributed by atoms with Crippen LogP contribution in [0.1, 0.15) is 13.8 Å². The summed E-state index contributed by atoms with van der Waals surface area (Å²) < 4.78 is 5.14. The maximum atomic E-state index is 11.5. The number of esters is 1. The maximum Gasteiger partial charge on any atom is 0.313 e. The first-order valence-electron chi connectivity index (χ1n) is 5.40. The number of hydrogen-bond acceptors (Lipinski definition) is 6. The molecular weight excluding hydrogens is 318 g/mol. The molecule has 1 rings (SSSR count). The molecule has 0 unspecified atom stereocenters. The summed E-state index contributed by atoms with van der Waals surface area (Å²) >= 11 is 3.19. The molecule has 0 amide bonds. The van der Waals surface area contributed by atoms with E-state index in [2.05, 4.69) is 31.0 Å². The van der Waals surface area contributed by atoms with Crippen molar-refractivity contribution in [3.63, 3.8) is 0 Å². The first kappa shape index (κ1) is 15.4. The second-order valence-electron chi connectivity index (χ2n) is 4.51. The monoisotopic (exact) mass is 331 g/mol. The lowest BCUT2D eigenvalue weighted by atomic mass is 9.94. The van der Waals surface area contributed by atoms with Gasteiger partial charge in [-0.1, -0.05) is 0 Å². The van der Waals surface area contributed by atoms with E-state index in [0.29, 0.717) is 16.8 Å². The lowest BCUT2D eigenvalue weighted by molar-refractivity contribution is -0.385. The van der Waals surface area contributed by atoms with E-state index in [1.54, 1.807) is 13.8 Å². The number of ether oxygens (including phenoxy) is 1. The topological polar surface area (TPSA) is 94.4 Å². The third-order valence-corrected chi connectivity index (χ3v) is 3.08. The molecule has 0 atom stereocenters. The highest BCUT2D eigenvalue weighted by Crippen LogP contribution is 2.26. The van der Waals surface area contributed by atoms with Gasteiger partial charge in [-0.05, 0) is 29.8 Å². The van der Waals surface area contributed by atoms with Gasteiger partial charge < -0.3 is 10.1 Å². The van der Waals surface area contributed by atoms with Gasteiger partial charge in [-0.2, -0.15) is 0 Å². The van der Waals surface area contributed by atoms with Crippen LogP contribution in [0, 0.1) is 15.5 Å². The van der Waals surface area contributed by atoms with E-state index in [-0.39, 0.29) is 11.7 Å². The van der Waals surface area contributed by atoms with Gasteiger partial charge >= 0.3 is 5.97 Å². The summed E-state index contributed by atoms with van der Waals surface area (Å²) in [5.74, 6) is 0.0839. The van der Waals surface area contributed by atoms with Gasteiger partial charge in [-0.3, -0.25) is 14.9 Å². The van der Waals surface area contributed by atoms with Crippen molar-refractivity contribution in [3.8, 4) is 0 Å². The molecule has 0 aliphatic heterocycles. The van der Waals surface area contributed by atoms with Crippen LogP contribution in [0.4, 0.5) is 11.5 Å². The maximum absolute atomic E-state index is 11.5. The summed E-state index contributed by atoms with van der Waals surface area (Å²) in [6.45, 7) is 3.75. The van der Waals surface area contributed by atoms with Gasteiger partial charge in [0.15, 0.2) is 0 Å². The number of rotatable bonds is 5. The minimum absolute atomic E-state index is 0.107. The number of carbonyl (C=O) groups is 1. The van der Waals surface area contributed by atoms with E-state index in [9.17, 15) is 14.9 Å². The lowest BCUT2D eigenvalue weighted by Crippen LogP contribution is -2.33. The molecule has 0 bridgehead atoms. The van der Waals surface area contributed by atoms with Crippen molar-refractivity contribution in [2.75, 3.05) is 19.0 Å². The number of anilines is 1. The van der Waals surface area contributed by atoms with Gasteiger partial charge in [-0.15, -0.1) is 0 Å². The summed E-state index contributed by atoms with van der Waals surface area (Å²) in [6.07, 6.45) is 1.15. The molecule has 0 saturated carbocycles. The average molecular weight is 332 g/mol. The van der Waals surface area contributed by atoms with Gasteiger partial charge in [0.1, 0.15) is 12.0 Å². The Labute approximate surface area is 118 Å². The number of carbonyl (C=O) groups excluding carboxylic acids is 1. The average Bonchev–Trinajstić information content (AvgIpc) is 2.36. The Bertz CT molecular complexity index is 505. The number of methoxy groups -OCH3 is 1. The zero-order valence-corrected chi connectivity index (χ0v) is 12.4. The summed E-state index contributed by atoms with van der Waals surface area (Å²) in [4.78, 5) is 25.5. The van der Waals surface area contributed by atoms with Crippen LogP contribution in [0.3, 0.4) is 0 Å². The van der Waals surface area contributed by atoms with Crippen molar-refractivity contribution in [1.82, 2.24) is 4.98 Å². The second-order valence-corrected chi connectivity index (χ2v) is 5.36. The summed E-state index contributed by atoms with van der Waals surface area (Å²) in [6, 6.07) is 1.35. The molecule has 0 saturated heterocycles. The number of nitrogens with one attached hydrogen (secondary N) is 1. The Morgan fingerprint density at radius 2 is 2.26 bits per heavy atom. The minimum atomic E-state index is -0.725. The molecule has 0 aromatic carbocycles. The molecule has 19 heavy (non-hydrogen) atoms. The number of aromatic nitrogens is 1. The van der Waals surface area contributed by atoms with Crippen LogP contribution in [0.5, 0.6) is 0 Å². The highest BCUT2D eigenvalue weighted by atomic mass is 79.9. The van der Waals surface area contributed by atoms with Crippen LogP contribution < -0.4 is 5.32 Å². The van der Waals surface area contributed by atoms with E-state index in [4.69, 9.17) is 0 Å².